The minimum absolute atomic E-state index is 0.0920. The molecule has 19 heavy (non-hydrogen) atoms. The van der Waals surface area contributed by atoms with Crippen LogP contribution in [0.25, 0.3) is 0 Å². The summed E-state index contributed by atoms with van der Waals surface area (Å²) in [4.78, 5) is 16.2. The largest absolute Gasteiger partial charge is 0.293 e. The van der Waals surface area contributed by atoms with E-state index in [0.717, 1.165) is 5.57 Å². The lowest BCUT2D eigenvalue weighted by Crippen LogP contribution is -2.12. The van der Waals surface area contributed by atoms with Gasteiger partial charge in [0.05, 0.1) is 5.70 Å². The zero-order valence-electron chi connectivity index (χ0n) is 11.9. The highest BCUT2D eigenvalue weighted by molar-refractivity contribution is 6.46. The summed E-state index contributed by atoms with van der Waals surface area (Å²) in [6.07, 6.45) is 14.2. The third-order valence-corrected chi connectivity index (χ3v) is 2.12. The lowest BCUT2D eigenvalue weighted by atomic mass is 10.1. The summed E-state index contributed by atoms with van der Waals surface area (Å²) in [5, 5.41) is 0. The minimum Gasteiger partial charge on any atom is -0.293 e. The smallest absolute Gasteiger partial charge is 0.178 e. The van der Waals surface area contributed by atoms with Gasteiger partial charge in [0, 0.05) is 12.5 Å². The molecule has 0 bridgehead atoms. The van der Waals surface area contributed by atoms with Gasteiger partial charge < -0.3 is 0 Å². The molecule has 0 unspecified atom stereocenters. The van der Waals surface area contributed by atoms with E-state index in [4.69, 9.17) is 0 Å². The van der Waals surface area contributed by atoms with Crippen molar-refractivity contribution in [1.82, 2.24) is 0 Å². The van der Waals surface area contributed by atoms with E-state index in [9.17, 15) is 4.79 Å². The van der Waals surface area contributed by atoms with Gasteiger partial charge in [-0.05, 0) is 26.0 Å². The van der Waals surface area contributed by atoms with Crippen LogP contribution in [0.3, 0.4) is 0 Å². The lowest BCUT2D eigenvalue weighted by Gasteiger charge is -2.04. The Morgan fingerprint density at radius 2 is 1.58 bits per heavy atom. The third kappa shape index (κ3) is 6.32. The molecule has 0 heterocycles. The molecule has 0 aromatic carbocycles. The van der Waals surface area contributed by atoms with Crippen LogP contribution in [0.5, 0.6) is 0 Å². The Morgan fingerprint density at radius 3 is 2.00 bits per heavy atom. The van der Waals surface area contributed by atoms with Gasteiger partial charge in [0.15, 0.2) is 5.78 Å². The second kappa shape index (κ2) is 9.77. The molecule has 0 aromatic rings. The molecule has 0 saturated heterocycles. The predicted octanol–water partition coefficient (Wildman–Crippen LogP) is 4.35. The van der Waals surface area contributed by atoms with Gasteiger partial charge in [-0.25, -0.2) is 4.99 Å². The van der Waals surface area contributed by atoms with E-state index < -0.39 is 0 Å². The highest BCUT2D eigenvalue weighted by Crippen LogP contribution is 2.09. The fourth-order valence-electron chi connectivity index (χ4n) is 1.42. The Morgan fingerprint density at radius 1 is 1.00 bits per heavy atom. The molecule has 0 fully saturated rings. The molecule has 0 saturated carbocycles. The molecular weight excluding hydrogens is 234 g/mol. The van der Waals surface area contributed by atoms with Crippen molar-refractivity contribution in [3.63, 3.8) is 0 Å². The van der Waals surface area contributed by atoms with E-state index in [1.54, 1.807) is 24.3 Å². The van der Waals surface area contributed by atoms with Gasteiger partial charge in [-0.1, -0.05) is 49.6 Å². The molecule has 0 atom stereocenters. The maximum Gasteiger partial charge on any atom is 0.178 e. The number of carbonyl (C=O) groups is 1. The predicted molar refractivity (Wildman–Crippen MR) is 84.3 cm³/mol. The molecule has 2 heteroatoms. The molecule has 0 aliphatic carbocycles. The normalized spacial score (nSPS) is 14.2. The van der Waals surface area contributed by atoms with Crippen LogP contribution in [-0.2, 0) is 4.79 Å². The van der Waals surface area contributed by atoms with Crippen LogP contribution >= 0.6 is 0 Å². The Balaban J connectivity index is 5.83. The SMILES string of the molecule is C=C/C=C(\C=C/C)/N=C(C(C)=O)\C(\C=C/C)=C\C=C. The lowest BCUT2D eigenvalue weighted by molar-refractivity contribution is -0.111. The van der Waals surface area contributed by atoms with Crippen LogP contribution in [0.2, 0.25) is 0 Å². The van der Waals surface area contributed by atoms with Gasteiger partial charge in [-0.3, -0.25) is 4.79 Å². The van der Waals surface area contributed by atoms with Crippen molar-refractivity contribution in [2.24, 2.45) is 4.99 Å². The van der Waals surface area contributed by atoms with Crippen LogP contribution in [0.4, 0.5) is 0 Å². The summed E-state index contributed by atoms with van der Waals surface area (Å²) in [6.45, 7) is 12.6. The molecule has 0 radical (unpaired) electrons. The second-order valence-electron chi connectivity index (χ2n) is 3.70. The van der Waals surface area contributed by atoms with Gasteiger partial charge in [-0.2, -0.15) is 0 Å². The minimum atomic E-state index is -0.0920. The monoisotopic (exact) mass is 255 g/mol. The van der Waals surface area contributed by atoms with E-state index in [1.165, 1.54) is 6.92 Å². The molecule has 0 aromatic heterocycles. The first kappa shape index (κ1) is 16.8. The number of ketones is 1. The average Bonchev–Trinajstić information content (AvgIpc) is 2.36. The fraction of sp³-hybridized carbons (Fsp3) is 0.176. The van der Waals surface area contributed by atoms with Gasteiger partial charge in [0.25, 0.3) is 0 Å². The standard InChI is InChI=1S/C17H21NO/c1-6-10-15(11-7-2)17(14(5)19)18-16(12-8-3)13-9-4/h6-13H,1,3H2,2,4-5H3/b11-7-,13-9-,15-10+,16-12+,18-17-. The zero-order valence-corrected chi connectivity index (χ0v) is 11.9. The maximum atomic E-state index is 11.8. The second-order valence-corrected chi connectivity index (χ2v) is 3.70. The van der Waals surface area contributed by atoms with E-state index >= 15 is 0 Å². The first-order valence-electron chi connectivity index (χ1n) is 6.11. The molecule has 0 rings (SSSR count). The van der Waals surface area contributed by atoms with E-state index in [1.807, 2.05) is 38.2 Å². The summed E-state index contributed by atoms with van der Waals surface area (Å²) < 4.78 is 0. The number of hydrogen-bond acceptors (Lipinski definition) is 2. The molecular formula is C17H21NO. The van der Waals surface area contributed by atoms with Gasteiger partial charge in [0.1, 0.15) is 5.71 Å². The third-order valence-electron chi connectivity index (χ3n) is 2.12. The number of rotatable bonds is 7. The number of carbonyl (C=O) groups excluding carboxylic acids is 1. The molecule has 0 amide bonds. The Bertz CT molecular complexity index is 485. The number of nitrogens with zero attached hydrogens (tertiary/aromatic N) is 1. The summed E-state index contributed by atoms with van der Waals surface area (Å²) in [6, 6.07) is 0. The van der Waals surface area contributed by atoms with Crippen molar-refractivity contribution in [2.75, 3.05) is 0 Å². The van der Waals surface area contributed by atoms with Crippen LogP contribution in [0.1, 0.15) is 20.8 Å². The van der Waals surface area contributed by atoms with Gasteiger partial charge in [0.2, 0.25) is 0 Å². The molecule has 0 N–H and O–H groups in total. The summed E-state index contributed by atoms with van der Waals surface area (Å²) >= 11 is 0. The average molecular weight is 255 g/mol. The Labute approximate surface area is 115 Å². The van der Waals surface area contributed by atoms with Crippen LogP contribution in [0.15, 0.2) is 78.0 Å². The molecule has 0 aliphatic rings. The van der Waals surface area contributed by atoms with Crippen LogP contribution in [-0.4, -0.2) is 11.5 Å². The maximum absolute atomic E-state index is 11.8. The zero-order chi connectivity index (χ0) is 14.7. The van der Waals surface area contributed by atoms with E-state index in [-0.39, 0.29) is 5.78 Å². The van der Waals surface area contributed by atoms with Crippen molar-refractivity contribution in [3.8, 4) is 0 Å². The van der Waals surface area contributed by atoms with Crippen molar-refractivity contribution in [2.45, 2.75) is 20.8 Å². The summed E-state index contributed by atoms with van der Waals surface area (Å²) in [7, 11) is 0. The Kier molecular flexibility index (Phi) is 8.63. The van der Waals surface area contributed by atoms with E-state index in [2.05, 4.69) is 18.2 Å². The van der Waals surface area contributed by atoms with Gasteiger partial charge in [-0.15, -0.1) is 0 Å². The highest BCUT2D eigenvalue weighted by atomic mass is 16.1. The summed E-state index contributed by atoms with van der Waals surface area (Å²) in [5.74, 6) is -0.0920. The molecule has 0 aliphatic heterocycles. The molecule has 0 spiro atoms. The topological polar surface area (TPSA) is 29.4 Å². The fourth-order valence-corrected chi connectivity index (χ4v) is 1.42. The summed E-state index contributed by atoms with van der Waals surface area (Å²) in [5.41, 5.74) is 1.83. The van der Waals surface area contributed by atoms with Crippen molar-refractivity contribution >= 4 is 11.5 Å². The van der Waals surface area contributed by atoms with Crippen molar-refractivity contribution in [1.29, 1.82) is 0 Å². The Hall–Kier alpha value is -2.22. The number of Topliss-reactive ketones (excluding diaryl/α,β-unsaturated/α-hetero) is 1. The number of allylic oxidation sites excluding steroid dienone is 9. The van der Waals surface area contributed by atoms with Crippen molar-refractivity contribution in [3.05, 3.63) is 73.0 Å². The van der Waals surface area contributed by atoms with Gasteiger partial charge >= 0.3 is 0 Å². The first-order chi connectivity index (χ1) is 9.10. The first-order valence-corrected chi connectivity index (χ1v) is 6.11. The number of aliphatic imine (C=N–C) groups is 1. The van der Waals surface area contributed by atoms with Crippen LogP contribution in [0, 0.1) is 0 Å². The molecule has 100 valence electrons. The molecule has 2 nitrogen and oxygen atoms in total. The quantitative estimate of drug-likeness (QED) is 0.491. The van der Waals surface area contributed by atoms with Crippen molar-refractivity contribution < 1.29 is 4.79 Å². The highest BCUT2D eigenvalue weighted by Gasteiger charge is 2.09. The van der Waals surface area contributed by atoms with Crippen LogP contribution < -0.4 is 0 Å². The number of hydrogen-bond donors (Lipinski definition) is 0. The van der Waals surface area contributed by atoms with E-state index in [0.29, 0.717) is 11.4 Å².